The minimum atomic E-state index is -0.626. The molecule has 0 aromatic heterocycles. The molecule has 1 aliphatic carbocycles. The zero-order valence-corrected chi connectivity index (χ0v) is 9.36. The molecule has 0 radical (unpaired) electrons. The van der Waals surface area contributed by atoms with Gasteiger partial charge in [-0.2, -0.15) is 0 Å². The molecule has 14 heavy (non-hydrogen) atoms. The van der Waals surface area contributed by atoms with E-state index < -0.39 is 5.97 Å². The Balaban J connectivity index is 2.16. The van der Waals surface area contributed by atoms with E-state index in [4.69, 9.17) is 5.11 Å². The Bertz CT molecular complexity index is 197. The van der Waals surface area contributed by atoms with E-state index in [1.807, 2.05) is 0 Å². The van der Waals surface area contributed by atoms with Crippen molar-refractivity contribution in [2.45, 2.75) is 39.2 Å². The maximum Gasteiger partial charge on any atom is 0.306 e. The van der Waals surface area contributed by atoms with Gasteiger partial charge in [-0.15, -0.1) is 0 Å². The van der Waals surface area contributed by atoms with Crippen LogP contribution >= 0.6 is 0 Å². The predicted molar refractivity (Wildman–Crippen MR) is 56.2 cm³/mol. The molecule has 0 heterocycles. The molecular formula is C11H21NO2. The van der Waals surface area contributed by atoms with E-state index in [0.29, 0.717) is 6.04 Å². The Labute approximate surface area is 86.1 Å². The molecule has 0 saturated heterocycles. The monoisotopic (exact) mass is 199 g/mol. The van der Waals surface area contributed by atoms with Crippen molar-refractivity contribution in [1.82, 2.24) is 4.90 Å². The summed E-state index contributed by atoms with van der Waals surface area (Å²) in [6, 6.07) is 0.509. The van der Waals surface area contributed by atoms with E-state index in [1.54, 1.807) is 0 Å². The van der Waals surface area contributed by atoms with Crippen LogP contribution in [0.1, 0.15) is 33.1 Å². The van der Waals surface area contributed by atoms with E-state index in [9.17, 15) is 4.79 Å². The highest BCUT2D eigenvalue weighted by atomic mass is 16.4. The van der Waals surface area contributed by atoms with E-state index in [0.717, 1.165) is 25.3 Å². The Hall–Kier alpha value is -0.570. The van der Waals surface area contributed by atoms with E-state index in [1.165, 1.54) is 6.42 Å². The van der Waals surface area contributed by atoms with Crippen molar-refractivity contribution in [2.75, 3.05) is 13.6 Å². The first-order valence-electron chi connectivity index (χ1n) is 5.43. The molecular weight excluding hydrogens is 178 g/mol. The molecule has 0 amide bonds. The molecule has 1 rings (SSSR count). The van der Waals surface area contributed by atoms with Crippen LogP contribution in [0.4, 0.5) is 0 Å². The van der Waals surface area contributed by atoms with Crippen LogP contribution in [0.2, 0.25) is 0 Å². The quantitative estimate of drug-likeness (QED) is 0.734. The van der Waals surface area contributed by atoms with E-state index in [-0.39, 0.29) is 5.92 Å². The Kier molecular flexibility index (Phi) is 3.93. The molecule has 1 N–H and O–H groups in total. The van der Waals surface area contributed by atoms with Crippen LogP contribution in [0.25, 0.3) is 0 Å². The smallest absolute Gasteiger partial charge is 0.306 e. The third-order valence-corrected chi connectivity index (χ3v) is 3.14. The van der Waals surface area contributed by atoms with Crippen LogP contribution in [0.15, 0.2) is 0 Å². The summed E-state index contributed by atoms with van der Waals surface area (Å²) in [5.74, 6) is 0.0211. The fraction of sp³-hybridized carbons (Fsp3) is 0.909. The highest BCUT2D eigenvalue weighted by molar-refractivity contribution is 5.71. The van der Waals surface area contributed by atoms with Gasteiger partial charge in [0.15, 0.2) is 0 Å². The summed E-state index contributed by atoms with van der Waals surface area (Å²) in [5.41, 5.74) is 0. The van der Waals surface area contributed by atoms with Gasteiger partial charge >= 0.3 is 5.97 Å². The minimum Gasteiger partial charge on any atom is -0.481 e. The molecule has 0 spiro atoms. The van der Waals surface area contributed by atoms with Gasteiger partial charge in [-0.25, -0.2) is 0 Å². The zero-order valence-electron chi connectivity index (χ0n) is 9.36. The second-order valence-electron chi connectivity index (χ2n) is 4.82. The second-order valence-corrected chi connectivity index (χ2v) is 4.82. The van der Waals surface area contributed by atoms with Crippen LogP contribution in [-0.2, 0) is 4.79 Å². The van der Waals surface area contributed by atoms with Crippen molar-refractivity contribution in [2.24, 2.45) is 11.8 Å². The summed E-state index contributed by atoms with van der Waals surface area (Å²) in [6.45, 7) is 5.53. The number of hydrogen-bond acceptors (Lipinski definition) is 2. The number of carbonyl (C=O) groups is 1. The minimum absolute atomic E-state index is 0.0819. The van der Waals surface area contributed by atoms with E-state index in [2.05, 4.69) is 25.8 Å². The Morgan fingerprint density at radius 3 is 2.50 bits per heavy atom. The maximum atomic E-state index is 10.6. The molecule has 0 aliphatic heterocycles. The third kappa shape index (κ3) is 2.98. The number of rotatable bonds is 5. The summed E-state index contributed by atoms with van der Waals surface area (Å²) in [6.07, 6.45) is 2.87. The van der Waals surface area contributed by atoms with Crippen LogP contribution in [-0.4, -0.2) is 35.6 Å². The molecule has 3 nitrogen and oxygen atoms in total. The summed E-state index contributed by atoms with van der Waals surface area (Å²) in [5, 5.41) is 8.73. The van der Waals surface area contributed by atoms with Gasteiger partial charge in [-0.1, -0.05) is 13.8 Å². The molecule has 3 heteroatoms. The topological polar surface area (TPSA) is 40.5 Å². The standard InChI is InChI=1S/C11H21NO2/c1-8(2)4-5-12(3)10-6-9(7-10)11(13)14/h8-10H,4-7H2,1-3H3,(H,13,14). The molecule has 1 saturated carbocycles. The molecule has 1 fully saturated rings. The van der Waals surface area contributed by atoms with Gasteiger partial charge in [0.1, 0.15) is 0 Å². The van der Waals surface area contributed by atoms with Crippen LogP contribution in [0, 0.1) is 11.8 Å². The van der Waals surface area contributed by atoms with Crippen molar-refractivity contribution in [1.29, 1.82) is 0 Å². The molecule has 0 atom stereocenters. The summed E-state index contributed by atoms with van der Waals surface area (Å²) >= 11 is 0. The largest absolute Gasteiger partial charge is 0.481 e. The van der Waals surface area contributed by atoms with Crippen molar-refractivity contribution >= 4 is 5.97 Å². The zero-order chi connectivity index (χ0) is 10.7. The van der Waals surface area contributed by atoms with Gasteiger partial charge in [0, 0.05) is 6.04 Å². The summed E-state index contributed by atoms with van der Waals surface area (Å²) < 4.78 is 0. The van der Waals surface area contributed by atoms with Crippen molar-refractivity contribution < 1.29 is 9.90 Å². The number of nitrogens with zero attached hydrogens (tertiary/aromatic N) is 1. The fourth-order valence-electron chi connectivity index (χ4n) is 1.79. The Morgan fingerprint density at radius 2 is 2.07 bits per heavy atom. The van der Waals surface area contributed by atoms with Gasteiger partial charge in [0.05, 0.1) is 5.92 Å². The molecule has 1 aliphatic rings. The third-order valence-electron chi connectivity index (χ3n) is 3.14. The SMILES string of the molecule is CC(C)CCN(C)C1CC(C(=O)O)C1. The summed E-state index contributed by atoms with van der Waals surface area (Å²) in [4.78, 5) is 12.9. The highest BCUT2D eigenvalue weighted by Gasteiger charge is 2.36. The molecule has 82 valence electrons. The summed E-state index contributed by atoms with van der Waals surface area (Å²) in [7, 11) is 2.10. The first kappa shape index (κ1) is 11.5. The van der Waals surface area contributed by atoms with Gasteiger partial charge in [-0.3, -0.25) is 4.79 Å². The molecule has 0 aromatic rings. The van der Waals surface area contributed by atoms with Crippen LogP contribution in [0.5, 0.6) is 0 Å². The van der Waals surface area contributed by atoms with Crippen molar-refractivity contribution in [3.05, 3.63) is 0 Å². The second kappa shape index (κ2) is 4.78. The molecule has 0 bridgehead atoms. The average Bonchev–Trinajstić information content (AvgIpc) is 1.97. The lowest BCUT2D eigenvalue weighted by molar-refractivity contribution is -0.146. The van der Waals surface area contributed by atoms with Crippen LogP contribution in [0.3, 0.4) is 0 Å². The number of aliphatic carboxylic acids is 1. The normalized spacial score (nSPS) is 26.6. The fourth-order valence-corrected chi connectivity index (χ4v) is 1.79. The lowest BCUT2D eigenvalue weighted by Crippen LogP contribution is -2.45. The van der Waals surface area contributed by atoms with Gasteiger partial charge in [0.2, 0.25) is 0 Å². The van der Waals surface area contributed by atoms with Crippen molar-refractivity contribution in [3.63, 3.8) is 0 Å². The van der Waals surface area contributed by atoms with Gasteiger partial charge in [-0.05, 0) is 38.8 Å². The lowest BCUT2D eigenvalue weighted by Gasteiger charge is -2.39. The van der Waals surface area contributed by atoms with Gasteiger partial charge < -0.3 is 10.0 Å². The first-order valence-corrected chi connectivity index (χ1v) is 5.43. The highest BCUT2D eigenvalue weighted by Crippen LogP contribution is 2.31. The van der Waals surface area contributed by atoms with Crippen LogP contribution < -0.4 is 0 Å². The molecule has 0 aromatic carbocycles. The Morgan fingerprint density at radius 1 is 1.50 bits per heavy atom. The number of carboxylic acid groups (broad SMARTS) is 1. The molecule has 0 unspecified atom stereocenters. The number of hydrogen-bond donors (Lipinski definition) is 1. The maximum absolute atomic E-state index is 10.6. The average molecular weight is 199 g/mol. The van der Waals surface area contributed by atoms with Crippen molar-refractivity contribution in [3.8, 4) is 0 Å². The number of carboxylic acids is 1. The first-order chi connectivity index (χ1) is 6.50. The van der Waals surface area contributed by atoms with E-state index >= 15 is 0 Å². The predicted octanol–water partition coefficient (Wildman–Crippen LogP) is 1.83. The van der Waals surface area contributed by atoms with Gasteiger partial charge in [0.25, 0.3) is 0 Å². The lowest BCUT2D eigenvalue weighted by atomic mass is 9.79.